The van der Waals surface area contributed by atoms with Gasteiger partial charge in [-0.05, 0) is 6.42 Å². The molecular weight excluding hydrogens is 388 g/mol. The zero-order valence-corrected chi connectivity index (χ0v) is 14.9. The van der Waals surface area contributed by atoms with Gasteiger partial charge in [0, 0.05) is 19.1 Å². The van der Waals surface area contributed by atoms with E-state index in [-0.39, 0.29) is 30.9 Å². The van der Waals surface area contributed by atoms with Gasteiger partial charge in [0.25, 0.3) is 11.8 Å². The number of nitrogens with two attached hydrogens (primary N) is 1. The van der Waals surface area contributed by atoms with E-state index in [0.29, 0.717) is 0 Å². The van der Waals surface area contributed by atoms with Crippen molar-refractivity contribution in [2.75, 3.05) is 13.1 Å². The third kappa shape index (κ3) is 4.34. The number of H-pyrrole nitrogens is 2. The lowest BCUT2D eigenvalue weighted by Gasteiger charge is -2.24. The Balaban J connectivity index is 1.76. The predicted octanol–water partition coefficient (Wildman–Crippen LogP) is -3.54. The van der Waals surface area contributed by atoms with E-state index in [4.69, 9.17) is 10.8 Å². The van der Waals surface area contributed by atoms with Crippen molar-refractivity contribution in [3.05, 3.63) is 23.8 Å². The highest BCUT2D eigenvalue weighted by Gasteiger charge is 2.42. The quantitative estimate of drug-likeness (QED) is 0.265. The number of aromatic nitrogens is 6. The molecule has 0 saturated carbocycles. The van der Waals surface area contributed by atoms with Crippen LogP contribution in [0.5, 0.6) is 0 Å². The Kier molecular flexibility index (Phi) is 5.77. The number of carbonyl (C=O) groups is 4. The molecule has 0 aliphatic carbocycles. The number of aromatic amines is 2. The molecule has 154 valence electrons. The van der Waals surface area contributed by atoms with Gasteiger partial charge in [-0.2, -0.15) is 30.8 Å². The molecule has 15 nitrogen and oxygen atoms in total. The molecule has 3 heterocycles. The van der Waals surface area contributed by atoms with E-state index in [9.17, 15) is 19.2 Å². The molecule has 1 fully saturated rings. The molecule has 0 aromatic carbocycles. The summed E-state index contributed by atoms with van der Waals surface area (Å²) in [6, 6.07) is -2.95. The number of nitrogens with one attached hydrogen (secondary N) is 4. The third-order valence-corrected chi connectivity index (χ3v) is 4.33. The summed E-state index contributed by atoms with van der Waals surface area (Å²) in [5.41, 5.74) is 5.38. The van der Waals surface area contributed by atoms with Gasteiger partial charge >= 0.3 is 5.97 Å². The number of rotatable bonds is 7. The Morgan fingerprint density at radius 3 is 2.41 bits per heavy atom. The summed E-state index contributed by atoms with van der Waals surface area (Å²) in [7, 11) is 0. The minimum atomic E-state index is -1.31. The highest BCUT2D eigenvalue weighted by Crippen LogP contribution is 2.21. The fourth-order valence-corrected chi connectivity index (χ4v) is 2.93. The molecule has 29 heavy (non-hydrogen) atoms. The molecule has 7 N–H and O–H groups in total. The largest absolute Gasteiger partial charge is 0.480 e. The van der Waals surface area contributed by atoms with E-state index in [1.807, 2.05) is 0 Å². The van der Waals surface area contributed by atoms with Crippen LogP contribution in [0.4, 0.5) is 0 Å². The number of aliphatic carboxylic acids is 1. The van der Waals surface area contributed by atoms with Crippen LogP contribution in [0.25, 0.3) is 0 Å². The average molecular weight is 406 g/mol. The first-order valence-corrected chi connectivity index (χ1v) is 8.47. The van der Waals surface area contributed by atoms with Gasteiger partial charge in [-0.15, -0.1) is 0 Å². The number of hydrogen-bond donors (Lipinski definition) is 6. The van der Waals surface area contributed by atoms with Crippen LogP contribution in [-0.2, 0) is 9.59 Å². The first-order valence-electron chi connectivity index (χ1n) is 8.47. The zero-order chi connectivity index (χ0) is 21.0. The summed E-state index contributed by atoms with van der Waals surface area (Å²) >= 11 is 0. The van der Waals surface area contributed by atoms with E-state index in [1.165, 1.54) is 17.3 Å². The van der Waals surface area contributed by atoms with Crippen molar-refractivity contribution in [3.63, 3.8) is 0 Å². The number of likely N-dealkylation sites (tertiary alicyclic amines) is 1. The molecule has 1 saturated heterocycles. The van der Waals surface area contributed by atoms with Gasteiger partial charge in [0.15, 0.2) is 11.4 Å². The Bertz CT molecular complexity index is 883. The van der Waals surface area contributed by atoms with Crippen molar-refractivity contribution in [3.8, 4) is 0 Å². The summed E-state index contributed by atoms with van der Waals surface area (Å²) in [4.78, 5) is 49.9. The van der Waals surface area contributed by atoms with Crippen LogP contribution in [0.1, 0.15) is 27.4 Å². The molecule has 0 bridgehead atoms. The molecule has 0 radical (unpaired) electrons. The number of carboxylic acids is 1. The highest BCUT2D eigenvalue weighted by atomic mass is 16.4. The number of carboxylic acid groups (broad SMARTS) is 1. The van der Waals surface area contributed by atoms with Gasteiger partial charge in [-0.1, -0.05) is 0 Å². The molecule has 15 heteroatoms. The molecule has 3 rings (SSSR count). The van der Waals surface area contributed by atoms with Gasteiger partial charge < -0.3 is 26.4 Å². The Morgan fingerprint density at radius 1 is 1.21 bits per heavy atom. The first kappa shape index (κ1) is 19.9. The second-order valence-corrected chi connectivity index (χ2v) is 6.22. The van der Waals surface area contributed by atoms with Crippen LogP contribution >= 0.6 is 0 Å². The predicted molar refractivity (Wildman–Crippen MR) is 92.1 cm³/mol. The fourth-order valence-electron chi connectivity index (χ4n) is 2.93. The van der Waals surface area contributed by atoms with E-state index < -0.39 is 41.8 Å². The monoisotopic (exact) mass is 406 g/mol. The second-order valence-electron chi connectivity index (χ2n) is 6.22. The van der Waals surface area contributed by atoms with Crippen molar-refractivity contribution in [1.82, 2.24) is 46.4 Å². The molecule has 3 atom stereocenters. The van der Waals surface area contributed by atoms with Crippen LogP contribution in [0.15, 0.2) is 12.4 Å². The first-order chi connectivity index (χ1) is 13.9. The number of carbonyl (C=O) groups excluding carboxylic acids is 3. The number of amides is 3. The van der Waals surface area contributed by atoms with Crippen LogP contribution in [-0.4, -0.2) is 95.7 Å². The topological polar surface area (TPSA) is 225 Å². The minimum absolute atomic E-state index is 0.00622. The SMILES string of the molecule is NC[C@H](NC(=O)[C@@H]1C[C@@H](NC(=O)c2cn[nH]n2)CN1C(=O)c1cn[nH]n1)C(=O)O. The van der Waals surface area contributed by atoms with Crippen molar-refractivity contribution in [1.29, 1.82) is 0 Å². The molecule has 0 unspecified atom stereocenters. The van der Waals surface area contributed by atoms with Crippen LogP contribution in [0, 0.1) is 0 Å². The summed E-state index contributed by atoms with van der Waals surface area (Å²) in [6.07, 6.45) is 2.47. The average Bonchev–Trinajstić information content (AvgIpc) is 3.46. The zero-order valence-electron chi connectivity index (χ0n) is 14.9. The lowest BCUT2D eigenvalue weighted by atomic mass is 10.1. The molecule has 1 aliphatic rings. The molecule has 3 amide bonds. The summed E-state index contributed by atoms with van der Waals surface area (Å²) < 4.78 is 0. The minimum Gasteiger partial charge on any atom is -0.480 e. The standard InChI is InChI=1S/C14H18N10O5/c15-2-7(14(28)29)19-12(26)10-1-6(18-11(25)8-3-16-22-20-8)5-24(10)13(27)9-4-17-23-21-9/h3-4,6-7,10H,1-2,5,15H2,(H,18,25)(H,19,26)(H,28,29)(H,16,20,22)(H,17,21,23)/t6-,7+,10+/m1/s1. The van der Waals surface area contributed by atoms with Gasteiger partial charge in [-0.25, -0.2) is 4.79 Å². The van der Waals surface area contributed by atoms with Gasteiger partial charge in [0.1, 0.15) is 12.1 Å². The van der Waals surface area contributed by atoms with Crippen LogP contribution < -0.4 is 16.4 Å². The van der Waals surface area contributed by atoms with Crippen molar-refractivity contribution < 1.29 is 24.3 Å². The van der Waals surface area contributed by atoms with Crippen molar-refractivity contribution in [2.45, 2.75) is 24.5 Å². The number of hydrogen-bond acceptors (Lipinski definition) is 9. The van der Waals surface area contributed by atoms with Crippen molar-refractivity contribution in [2.24, 2.45) is 5.73 Å². The Labute approximate surface area is 162 Å². The van der Waals surface area contributed by atoms with E-state index in [1.54, 1.807) is 0 Å². The summed E-state index contributed by atoms with van der Waals surface area (Å²) in [6.45, 7) is -0.328. The molecule has 1 aliphatic heterocycles. The lowest BCUT2D eigenvalue weighted by Crippen LogP contribution is -2.53. The fraction of sp³-hybridized carbons (Fsp3) is 0.429. The maximum Gasteiger partial charge on any atom is 0.327 e. The smallest absolute Gasteiger partial charge is 0.327 e. The van der Waals surface area contributed by atoms with E-state index >= 15 is 0 Å². The molecular formula is C14H18N10O5. The van der Waals surface area contributed by atoms with Gasteiger partial charge in [0.2, 0.25) is 5.91 Å². The second kappa shape index (κ2) is 8.42. The van der Waals surface area contributed by atoms with Crippen LogP contribution in [0.2, 0.25) is 0 Å². The van der Waals surface area contributed by atoms with Crippen LogP contribution in [0.3, 0.4) is 0 Å². The van der Waals surface area contributed by atoms with E-state index in [0.717, 1.165) is 0 Å². The summed E-state index contributed by atoms with van der Waals surface area (Å²) in [5.74, 6) is -3.15. The van der Waals surface area contributed by atoms with Gasteiger partial charge in [-0.3, -0.25) is 14.4 Å². The molecule has 0 spiro atoms. The Morgan fingerprint density at radius 2 is 1.86 bits per heavy atom. The highest BCUT2D eigenvalue weighted by molar-refractivity contribution is 5.97. The maximum atomic E-state index is 12.7. The molecule has 2 aromatic heterocycles. The van der Waals surface area contributed by atoms with Gasteiger partial charge in [0.05, 0.1) is 12.4 Å². The third-order valence-electron chi connectivity index (χ3n) is 4.33. The van der Waals surface area contributed by atoms with Crippen molar-refractivity contribution >= 4 is 23.7 Å². The normalized spacial score (nSPS) is 19.6. The molecule has 2 aromatic rings. The summed E-state index contributed by atoms with van der Waals surface area (Å²) in [5, 5.41) is 33.2. The van der Waals surface area contributed by atoms with E-state index in [2.05, 4.69) is 41.5 Å². The lowest BCUT2D eigenvalue weighted by molar-refractivity contribution is -0.142. The maximum absolute atomic E-state index is 12.7. The number of nitrogens with zero attached hydrogens (tertiary/aromatic N) is 5. The Hall–Kier alpha value is -3.88.